The van der Waals surface area contributed by atoms with Gasteiger partial charge in [-0.05, 0) is 61.7 Å². The summed E-state index contributed by atoms with van der Waals surface area (Å²) in [6.45, 7) is 12.0. The van der Waals surface area contributed by atoms with Gasteiger partial charge in [0.2, 0.25) is 5.56 Å². The smallest absolute Gasteiger partial charge is 0.249 e. The highest BCUT2D eigenvalue weighted by Gasteiger charge is 2.18. The third-order valence-electron chi connectivity index (χ3n) is 6.91. The van der Waals surface area contributed by atoms with Gasteiger partial charge < -0.3 is 4.98 Å². The van der Waals surface area contributed by atoms with Gasteiger partial charge in [0.05, 0.1) is 11.4 Å². The van der Waals surface area contributed by atoms with E-state index in [-0.39, 0.29) is 5.56 Å². The summed E-state index contributed by atoms with van der Waals surface area (Å²) in [7, 11) is 0. The number of nitrogens with zero attached hydrogens (tertiary/aromatic N) is 4. The fourth-order valence-corrected chi connectivity index (χ4v) is 4.80. The van der Waals surface area contributed by atoms with Crippen molar-refractivity contribution in [1.29, 1.82) is 0 Å². The quantitative estimate of drug-likeness (QED) is 0.422. The minimum Gasteiger partial charge on any atom is -0.321 e. The summed E-state index contributed by atoms with van der Waals surface area (Å²) < 4.78 is 0. The summed E-state index contributed by atoms with van der Waals surface area (Å²) >= 11 is 0. The zero-order valence-electron chi connectivity index (χ0n) is 21.2. The molecule has 0 bridgehead atoms. The van der Waals surface area contributed by atoms with Crippen molar-refractivity contribution in [1.82, 2.24) is 24.8 Å². The number of hydrogen-bond acceptors (Lipinski definition) is 5. The van der Waals surface area contributed by atoms with Crippen molar-refractivity contribution in [3.05, 3.63) is 94.7 Å². The lowest BCUT2D eigenvalue weighted by atomic mass is 10.0. The van der Waals surface area contributed by atoms with Gasteiger partial charge in [-0.1, -0.05) is 30.3 Å². The Kier molecular flexibility index (Phi) is 7.07. The number of hydrogen-bond donors (Lipinski definition) is 1. The first-order valence-electron chi connectivity index (χ1n) is 12.6. The third kappa shape index (κ3) is 5.61. The highest BCUT2D eigenvalue weighted by atomic mass is 16.1. The van der Waals surface area contributed by atoms with Gasteiger partial charge in [0, 0.05) is 74.0 Å². The Labute approximate surface area is 212 Å². The molecule has 1 fully saturated rings. The van der Waals surface area contributed by atoms with Crippen molar-refractivity contribution in [2.45, 2.75) is 33.4 Å². The molecule has 0 atom stereocenters. The standard InChI is InChI=1S/C30H33N5O/c1-21(2)35-13-11-34(12-14-35)20-23-7-9-24(10-8-23)26-15-27(19-31-18-26)25-16-29(33-30(36)17-25)28-6-4-5-22(3)32-28/h4-10,15-19,21H,11-14,20H2,1-3H3,(H,33,36). The van der Waals surface area contributed by atoms with Crippen LogP contribution in [-0.4, -0.2) is 57.0 Å². The van der Waals surface area contributed by atoms with E-state index in [0.717, 1.165) is 66.4 Å². The van der Waals surface area contributed by atoms with Crippen LogP contribution in [-0.2, 0) is 6.54 Å². The second kappa shape index (κ2) is 10.6. The number of aromatic amines is 1. The molecule has 0 aliphatic carbocycles. The molecular formula is C30H33N5O. The van der Waals surface area contributed by atoms with Crippen molar-refractivity contribution >= 4 is 0 Å². The summed E-state index contributed by atoms with van der Waals surface area (Å²) in [5.74, 6) is 0. The number of benzene rings is 1. The van der Waals surface area contributed by atoms with Crippen molar-refractivity contribution in [3.8, 4) is 33.6 Å². The zero-order chi connectivity index (χ0) is 25.1. The Bertz CT molecular complexity index is 1390. The Morgan fingerprint density at radius 2 is 1.58 bits per heavy atom. The Morgan fingerprint density at radius 1 is 0.861 bits per heavy atom. The first-order chi connectivity index (χ1) is 17.4. The van der Waals surface area contributed by atoms with Crippen molar-refractivity contribution in [2.24, 2.45) is 0 Å². The number of pyridine rings is 3. The fourth-order valence-electron chi connectivity index (χ4n) is 4.80. The molecule has 3 aromatic heterocycles. The van der Waals surface area contributed by atoms with Gasteiger partial charge in [-0.15, -0.1) is 0 Å². The SMILES string of the molecule is Cc1cccc(-c2cc(-c3cncc(-c4ccc(CN5CCN(C(C)C)CC5)cc4)c3)cc(=O)[nH]2)n1. The first kappa shape index (κ1) is 24.1. The lowest BCUT2D eigenvalue weighted by Crippen LogP contribution is -2.48. The molecule has 1 N–H and O–H groups in total. The van der Waals surface area contributed by atoms with Crippen LogP contribution in [0.2, 0.25) is 0 Å². The lowest BCUT2D eigenvalue weighted by Gasteiger charge is -2.36. The van der Waals surface area contributed by atoms with E-state index < -0.39 is 0 Å². The van der Waals surface area contributed by atoms with Crippen molar-refractivity contribution in [2.75, 3.05) is 26.2 Å². The molecule has 1 aliphatic rings. The topological polar surface area (TPSA) is 65.1 Å². The highest BCUT2D eigenvalue weighted by molar-refractivity contribution is 5.74. The number of nitrogens with one attached hydrogen (secondary N) is 1. The van der Waals surface area contributed by atoms with Gasteiger partial charge in [0.15, 0.2) is 0 Å². The molecule has 1 saturated heterocycles. The summed E-state index contributed by atoms with van der Waals surface area (Å²) in [4.78, 5) is 29.5. The van der Waals surface area contributed by atoms with Gasteiger partial charge in [-0.2, -0.15) is 0 Å². The molecule has 0 spiro atoms. The second-order valence-electron chi connectivity index (χ2n) is 9.88. The average molecular weight is 480 g/mol. The maximum Gasteiger partial charge on any atom is 0.249 e. The molecule has 36 heavy (non-hydrogen) atoms. The minimum absolute atomic E-state index is 0.158. The third-order valence-corrected chi connectivity index (χ3v) is 6.91. The maximum atomic E-state index is 12.4. The Balaban J connectivity index is 1.33. The average Bonchev–Trinajstić information content (AvgIpc) is 2.89. The van der Waals surface area contributed by atoms with E-state index in [1.54, 1.807) is 12.3 Å². The molecule has 0 saturated carbocycles. The molecule has 6 nitrogen and oxygen atoms in total. The lowest BCUT2D eigenvalue weighted by molar-refractivity contribution is 0.104. The highest BCUT2D eigenvalue weighted by Crippen LogP contribution is 2.27. The van der Waals surface area contributed by atoms with Gasteiger partial charge in [-0.25, -0.2) is 0 Å². The molecule has 184 valence electrons. The van der Waals surface area contributed by atoms with E-state index in [4.69, 9.17) is 0 Å². The van der Waals surface area contributed by atoms with Crippen LogP contribution in [0.5, 0.6) is 0 Å². The Morgan fingerprint density at radius 3 is 2.28 bits per heavy atom. The number of aromatic nitrogens is 3. The molecule has 0 radical (unpaired) electrons. The molecule has 1 aromatic carbocycles. The molecular weight excluding hydrogens is 446 g/mol. The molecule has 4 heterocycles. The number of rotatable bonds is 6. The van der Waals surface area contributed by atoms with E-state index in [0.29, 0.717) is 11.7 Å². The predicted octanol–water partition coefficient (Wildman–Crippen LogP) is 5.00. The van der Waals surface area contributed by atoms with E-state index in [1.807, 2.05) is 37.4 Å². The number of aryl methyl sites for hydroxylation is 1. The van der Waals surface area contributed by atoms with Crippen molar-refractivity contribution < 1.29 is 0 Å². The minimum atomic E-state index is -0.158. The van der Waals surface area contributed by atoms with Gasteiger partial charge in [-0.3, -0.25) is 24.6 Å². The van der Waals surface area contributed by atoms with Gasteiger partial charge in [0.1, 0.15) is 0 Å². The molecule has 0 unspecified atom stereocenters. The molecule has 4 aromatic rings. The first-order valence-corrected chi connectivity index (χ1v) is 12.6. The van der Waals surface area contributed by atoms with Crippen LogP contribution in [0, 0.1) is 6.92 Å². The Hall–Kier alpha value is -3.61. The molecule has 5 rings (SSSR count). The zero-order valence-corrected chi connectivity index (χ0v) is 21.2. The van der Waals surface area contributed by atoms with E-state index in [9.17, 15) is 4.79 Å². The number of piperazine rings is 1. The van der Waals surface area contributed by atoms with Crippen LogP contribution in [0.1, 0.15) is 25.1 Å². The van der Waals surface area contributed by atoms with Crippen LogP contribution >= 0.6 is 0 Å². The maximum absolute atomic E-state index is 12.4. The predicted molar refractivity (Wildman–Crippen MR) is 146 cm³/mol. The summed E-state index contributed by atoms with van der Waals surface area (Å²) in [5, 5.41) is 0. The monoisotopic (exact) mass is 479 g/mol. The van der Waals surface area contributed by atoms with Crippen LogP contribution in [0.25, 0.3) is 33.6 Å². The van der Waals surface area contributed by atoms with Crippen LogP contribution in [0.4, 0.5) is 0 Å². The summed E-state index contributed by atoms with van der Waals surface area (Å²) in [6.07, 6.45) is 3.68. The van der Waals surface area contributed by atoms with Crippen LogP contribution < -0.4 is 5.56 Å². The van der Waals surface area contributed by atoms with Crippen LogP contribution in [0.3, 0.4) is 0 Å². The molecule has 6 heteroatoms. The normalized spacial score (nSPS) is 14.9. The van der Waals surface area contributed by atoms with E-state index in [2.05, 4.69) is 68.9 Å². The summed E-state index contributed by atoms with van der Waals surface area (Å²) in [6, 6.07) is 20.8. The number of H-pyrrole nitrogens is 1. The molecule has 1 aliphatic heterocycles. The van der Waals surface area contributed by atoms with Crippen molar-refractivity contribution in [3.63, 3.8) is 0 Å². The van der Waals surface area contributed by atoms with Crippen LogP contribution in [0.15, 0.2) is 77.9 Å². The van der Waals surface area contributed by atoms with E-state index in [1.165, 1.54) is 5.56 Å². The van der Waals surface area contributed by atoms with Gasteiger partial charge in [0.25, 0.3) is 0 Å². The van der Waals surface area contributed by atoms with E-state index >= 15 is 0 Å². The largest absolute Gasteiger partial charge is 0.321 e. The summed E-state index contributed by atoms with van der Waals surface area (Å²) in [5.41, 5.74) is 7.39. The van der Waals surface area contributed by atoms with Gasteiger partial charge >= 0.3 is 0 Å². The molecule has 0 amide bonds. The second-order valence-corrected chi connectivity index (χ2v) is 9.88. The fraction of sp³-hybridized carbons (Fsp3) is 0.300.